The summed E-state index contributed by atoms with van der Waals surface area (Å²) in [5.74, 6) is -2.05. The van der Waals surface area contributed by atoms with Gasteiger partial charge in [-0.05, 0) is 57.9 Å². The standard InChI is InChI=1S/C25H48N6O8.CH4O3S/c1-21(32)29(37)18-9-3-6-16-27-22(33)12-14-25(36)31(39)20-10-4-7-17-28-23(34)11-13-24(35)30(38)19-8-2-5-15-26;1-5(2,3)4/h37-39H,2-20,26H2,1H3,(H,27,33)(H,28,34);1H3,(H,2,3,4)/p-1. The first-order valence-electron chi connectivity index (χ1n) is 14.7. The van der Waals surface area contributed by atoms with E-state index in [1.807, 2.05) is 0 Å². The van der Waals surface area contributed by atoms with Crippen LogP contribution in [0.25, 0.3) is 0 Å². The molecule has 0 radical (unpaired) electrons. The number of nitrogens with two attached hydrogens (primary N) is 1. The first kappa shape index (κ1) is 43.2. The maximum Gasteiger partial charge on any atom is 0.246 e. The first-order valence-corrected chi connectivity index (χ1v) is 16.5. The van der Waals surface area contributed by atoms with E-state index >= 15 is 0 Å². The molecule has 0 aromatic rings. The van der Waals surface area contributed by atoms with Crippen molar-refractivity contribution in [3.63, 3.8) is 0 Å². The van der Waals surface area contributed by atoms with Crippen LogP contribution in [0.1, 0.15) is 90.4 Å². The fourth-order valence-corrected chi connectivity index (χ4v) is 3.45. The molecule has 0 aromatic heterocycles. The van der Waals surface area contributed by atoms with Crippen molar-refractivity contribution in [1.29, 1.82) is 0 Å². The van der Waals surface area contributed by atoms with Crippen molar-refractivity contribution >= 4 is 39.7 Å². The molecule has 17 nitrogen and oxygen atoms in total. The van der Waals surface area contributed by atoms with Crippen molar-refractivity contribution in [2.45, 2.75) is 90.4 Å². The van der Waals surface area contributed by atoms with E-state index in [2.05, 4.69) is 10.6 Å². The van der Waals surface area contributed by atoms with Crippen LogP contribution in [0, 0.1) is 0 Å². The molecule has 5 amide bonds. The lowest BCUT2D eigenvalue weighted by Gasteiger charge is -2.15. The summed E-state index contributed by atoms with van der Waals surface area (Å²) in [6, 6.07) is 0. The Hall–Kier alpha value is -2.90. The van der Waals surface area contributed by atoms with E-state index in [9.17, 15) is 39.6 Å². The Morgan fingerprint density at radius 3 is 1.32 bits per heavy atom. The Bertz CT molecular complexity index is 945. The van der Waals surface area contributed by atoms with Crippen LogP contribution < -0.4 is 16.4 Å². The van der Waals surface area contributed by atoms with Crippen LogP contribution in [0.5, 0.6) is 0 Å². The molecule has 0 rings (SSSR count). The van der Waals surface area contributed by atoms with Gasteiger partial charge >= 0.3 is 0 Å². The minimum absolute atomic E-state index is 0.0191. The van der Waals surface area contributed by atoms with Crippen LogP contribution in [-0.2, 0) is 34.1 Å². The third-order valence-electron chi connectivity index (χ3n) is 5.88. The summed E-state index contributed by atoms with van der Waals surface area (Å²) in [6.07, 6.45) is 6.44. The van der Waals surface area contributed by atoms with Crippen LogP contribution in [0.15, 0.2) is 0 Å². The predicted molar refractivity (Wildman–Crippen MR) is 157 cm³/mol. The number of hydrogen-bond donors (Lipinski definition) is 6. The summed E-state index contributed by atoms with van der Waals surface area (Å²) in [4.78, 5) is 58.4. The van der Waals surface area contributed by atoms with Gasteiger partial charge in [0.05, 0.1) is 10.1 Å². The van der Waals surface area contributed by atoms with Gasteiger partial charge in [-0.15, -0.1) is 0 Å². The van der Waals surface area contributed by atoms with Gasteiger partial charge in [-0.2, -0.15) is 0 Å². The largest absolute Gasteiger partial charge is 0.748 e. The molecule has 0 aromatic carbocycles. The number of hydrogen-bond acceptors (Lipinski definition) is 12. The molecule has 0 atom stereocenters. The Balaban J connectivity index is 0. The van der Waals surface area contributed by atoms with E-state index in [4.69, 9.17) is 18.7 Å². The average Bonchev–Trinajstić information content (AvgIpc) is 2.94. The van der Waals surface area contributed by atoms with Crippen LogP contribution >= 0.6 is 0 Å². The third kappa shape index (κ3) is 30.6. The van der Waals surface area contributed by atoms with Gasteiger partial charge in [-0.25, -0.2) is 23.6 Å². The number of unbranched alkanes of at least 4 members (excludes halogenated alkanes) is 6. The van der Waals surface area contributed by atoms with Crippen molar-refractivity contribution in [2.24, 2.45) is 5.73 Å². The molecule has 7 N–H and O–H groups in total. The topological polar surface area (TPSA) is 263 Å². The number of hydroxylamine groups is 6. The Morgan fingerprint density at radius 1 is 0.636 bits per heavy atom. The second-order valence-corrected chi connectivity index (χ2v) is 11.5. The van der Waals surface area contributed by atoms with Crippen molar-refractivity contribution in [3.05, 3.63) is 0 Å². The van der Waals surface area contributed by atoms with E-state index in [1.165, 1.54) is 6.92 Å². The highest BCUT2D eigenvalue weighted by molar-refractivity contribution is 7.84. The molecule has 44 heavy (non-hydrogen) atoms. The van der Waals surface area contributed by atoms with Gasteiger partial charge in [-0.1, -0.05) is 6.42 Å². The molecule has 0 fully saturated rings. The van der Waals surface area contributed by atoms with Crippen LogP contribution in [0.3, 0.4) is 0 Å². The molecule has 0 aliphatic rings. The van der Waals surface area contributed by atoms with Gasteiger partial charge in [-0.3, -0.25) is 39.6 Å². The lowest BCUT2D eigenvalue weighted by atomic mass is 10.2. The number of rotatable bonds is 23. The van der Waals surface area contributed by atoms with Gasteiger partial charge in [0, 0.05) is 71.6 Å². The smallest absolute Gasteiger partial charge is 0.246 e. The minimum atomic E-state index is -3.92. The number of carbonyl (C=O) groups is 5. The zero-order valence-corrected chi connectivity index (χ0v) is 26.7. The van der Waals surface area contributed by atoms with Crippen molar-refractivity contribution in [3.8, 4) is 0 Å². The van der Waals surface area contributed by atoms with Gasteiger partial charge in [0.1, 0.15) is 0 Å². The fourth-order valence-electron chi connectivity index (χ4n) is 3.45. The number of nitrogens with one attached hydrogen (secondary N) is 2. The number of carbonyl (C=O) groups excluding carboxylic acids is 5. The average molecular weight is 656 g/mol. The molecule has 0 spiro atoms. The Labute approximate surface area is 259 Å². The molecule has 0 saturated heterocycles. The summed E-state index contributed by atoms with van der Waals surface area (Å²) in [7, 11) is -3.92. The molecule has 0 saturated carbocycles. The minimum Gasteiger partial charge on any atom is -0.748 e. The van der Waals surface area contributed by atoms with E-state index < -0.39 is 27.8 Å². The van der Waals surface area contributed by atoms with Gasteiger partial charge in [0.15, 0.2) is 0 Å². The van der Waals surface area contributed by atoms with E-state index in [-0.39, 0.29) is 57.1 Å². The highest BCUT2D eigenvalue weighted by atomic mass is 32.2. The molecule has 258 valence electrons. The molecule has 18 heteroatoms. The molecule has 0 heterocycles. The maximum absolute atomic E-state index is 12.0. The summed E-state index contributed by atoms with van der Waals surface area (Å²) in [6.45, 7) is 3.22. The van der Waals surface area contributed by atoms with Crippen LogP contribution in [-0.4, -0.2) is 119 Å². The SMILES string of the molecule is CC(=O)N(O)CCCCCNC(=O)CCC(=O)N(O)CCCCCNC(=O)CCC(=O)N(O)CCCCCN.CS(=O)(=O)[O-]. The van der Waals surface area contributed by atoms with Gasteiger partial charge in [0.25, 0.3) is 0 Å². The van der Waals surface area contributed by atoms with Crippen molar-refractivity contribution in [2.75, 3.05) is 45.5 Å². The molecular formula is C26H51N6O11S-. The number of nitrogens with zero attached hydrogens (tertiary/aromatic N) is 3. The van der Waals surface area contributed by atoms with E-state index in [0.717, 1.165) is 19.3 Å². The monoisotopic (exact) mass is 655 g/mol. The summed E-state index contributed by atoms with van der Waals surface area (Å²) in [5, 5.41) is 36.1. The predicted octanol–water partition coefficient (Wildman–Crippen LogP) is 0.0835. The Morgan fingerprint density at radius 2 is 0.977 bits per heavy atom. The maximum atomic E-state index is 12.0. The molecule has 0 aliphatic heterocycles. The van der Waals surface area contributed by atoms with Crippen molar-refractivity contribution in [1.82, 2.24) is 25.8 Å². The van der Waals surface area contributed by atoms with Crippen molar-refractivity contribution < 1.29 is 52.6 Å². The Kier molecular flexibility index (Phi) is 26.0. The van der Waals surface area contributed by atoms with Crippen LogP contribution in [0.4, 0.5) is 0 Å². The second-order valence-electron chi connectivity index (χ2n) is 10.1. The first-order chi connectivity index (χ1) is 20.6. The zero-order chi connectivity index (χ0) is 34.0. The highest BCUT2D eigenvalue weighted by Gasteiger charge is 2.14. The lowest BCUT2D eigenvalue weighted by molar-refractivity contribution is -0.166. The zero-order valence-electron chi connectivity index (χ0n) is 25.9. The summed E-state index contributed by atoms with van der Waals surface area (Å²) >= 11 is 0. The highest BCUT2D eigenvalue weighted by Crippen LogP contribution is 2.03. The van der Waals surface area contributed by atoms with Gasteiger partial charge in [0.2, 0.25) is 29.5 Å². The molecule has 0 unspecified atom stereocenters. The number of amides is 5. The van der Waals surface area contributed by atoms with E-state index in [0.29, 0.717) is 79.6 Å². The summed E-state index contributed by atoms with van der Waals surface area (Å²) in [5.41, 5.74) is 5.39. The normalized spacial score (nSPS) is 10.7. The molecular weight excluding hydrogens is 604 g/mol. The summed E-state index contributed by atoms with van der Waals surface area (Å²) < 4.78 is 27.2. The fraction of sp³-hybridized carbons (Fsp3) is 0.808. The quantitative estimate of drug-likeness (QED) is 0.0370. The lowest BCUT2D eigenvalue weighted by Crippen LogP contribution is -2.31. The third-order valence-corrected chi connectivity index (χ3v) is 5.88. The molecule has 0 bridgehead atoms. The molecule has 0 aliphatic carbocycles. The van der Waals surface area contributed by atoms with E-state index in [1.54, 1.807) is 0 Å². The van der Waals surface area contributed by atoms with Crippen LogP contribution in [0.2, 0.25) is 0 Å². The van der Waals surface area contributed by atoms with Gasteiger partial charge < -0.3 is 20.9 Å². The second kappa shape index (κ2) is 26.5.